The Bertz CT molecular complexity index is 806. The van der Waals surface area contributed by atoms with Crippen molar-refractivity contribution in [1.82, 2.24) is 30.3 Å². The summed E-state index contributed by atoms with van der Waals surface area (Å²) < 4.78 is 13.5. The zero-order valence-electron chi connectivity index (χ0n) is 16.4. The van der Waals surface area contributed by atoms with Gasteiger partial charge < -0.3 is 10.3 Å². The summed E-state index contributed by atoms with van der Waals surface area (Å²) in [4.78, 5) is 19.6. The van der Waals surface area contributed by atoms with E-state index < -0.39 is 5.82 Å². The molecule has 0 unspecified atom stereocenters. The number of piperazine rings is 1. The highest BCUT2D eigenvalue weighted by molar-refractivity contribution is 6.30. The minimum atomic E-state index is -0.410. The molecule has 0 aliphatic carbocycles. The molecule has 1 aromatic carbocycles. The number of aromatic nitrogens is 3. The van der Waals surface area contributed by atoms with Crippen molar-refractivity contribution in [3.05, 3.63) is 34.9 Å². The number of halogens is 2. The van der Waals surface area contributed by atoms with Gasteiger partial charge in [-0.15, -0.1) is 10.2 Å². The number of nitrogens with zero attached hydrogens (tertiary/aromatic N) is 4. The van der Waals surface area contributed by atoms with Crippen molar-refractivity contribution in [3.8, 4) is 11.4 Å². The summed E-state index contributed by atoms with van der Waals surface area (Å²) >= 11 is 5.90. The molecule has 2 N–H and O–H groups in total. The lowest BCUT2D eigenvalue weighted by Crippen LogP contribution is -2.51. The van der Waals surface area contributed by atoms with E-state index in [1.165, 1.54) is 12.1 Å². The summed E-state index contributed by atoms with van der Waals surface area (Å²) in [5.74, 6) is 0.852. The molecule has 0 spiro atoms. The zero-order chi connectivity index (χ0) is 20.3. The second kappa shape index (κ2) is 8.55. The van der Waals surface area contributed by atoms with Crippen LogP contribution >= 0.6 is 11.6 Å². The molecule has 0 radical (unpaired) electrons. The number of hydrogen-bond acceptors (Lipinski definition) is 5. The Morgan fingerprint density at radius 3 is 2.50 bits per heavy atom. The van der Waals surface area contributed by atoms with Crippen molar-refractivity contribution in [1.29, 1.82) is 0 Å². The molecule has 1 aliphatic rings. The molecule has 152 valence electrons. The third kappa shape index (κ3) is 5.98. The first-order valence-electron chi connectivity index (χ1n) is 9.32. The highest BCUT2D eigenvalue weighted by Gasteiger charge is 2.22. The van der Waals surface area contributed by atoms with Gasteiger partial charge in [-0.25, -0.2) is 4.39 Å². The average molecular weight is 409 g/mol. The molecule has 2 heterocycles. The molecular weight excluding hydrogens is 383 g/mol. The summed E-state index contributed by atoms with van der Waals surface area (Å²) in [5, 5.41) is 11.6. The Kier molecular flexibility index (Phi) is 6.32. The fourth-order valence-corrected chi connectivity index (χ4v) is 3.39. The number of nitrogens with one attached hydrogen (secondary N) is 2. The van der Waals surface area contributed by atoms with Gasteiger partial charge in [-0.1, -0.05) is 11.6 Å². The number of benzene rings is 1. The van der Waals surface area contributed by atoms with E-state index in [9.17, 15) is 9.18 Å². The van der Waals surface area contributed by atoms with Crippen LogP contribution in [0.25, 0.3) is 11.4 Å². The first-order chi connectivity index (χ1) is 13.2. The topological polar surface area (TPSA) is 77.2 Å². The molecule has 1 amide bonds. The summed E-state index contributed by atoms with van der Waals surface area (Å²) in [5.41, 5.74) is 0.354. The molecule has 28 heavy (non-hydrogen) atoms. The molecule has 3 rings (SSSR count). The maximum Gasteiger partial charge on any atom is 0.234 e. The lowest BCUT2D eigenvalue weighted by atomic mass is 10.1. The van der Waals surface area contributed by atoms with Crippen molar-refractivity contribution in [2.75, 3.05) is 32.7 Å². The van der Waals surface area contributed by atoms with Crippen molar-refractivity contribution >= 4 is 17.5 Å². The Labute approximate surface area is 169 Å². The third-order valence-corrected chi connectivity index (χ3v) is 4.61. The maximum absolute atomic E-state index is 13.5. The van der Waals surface area contributed by atoms with Gasteiger partial charge in [-0.05, 0) is 39.0 Å². The first-order valence-corrected chi connectivity index (χ1v) is 9.69. The predicted molar refractivity (Wildman–Crippen MR) is 106 cm³/mol. The van der Waals surface area contributed by atoms with Gasteiger partial charge in [0.2, 0.25) is 5.91 Å². The van der Waals surface area contributed by atoms with Crippen LogP contribution in [0.4, 0.5) is 4.39 Å². The highest BCUT2D eigenvalue weighted by Crippen LogP contribution is 2.21. The summed E-state index contributed by atoms with van der Waals surface area (Å²) in [7, 11) is 0. The average Bonchev–Trinajstić information content (AvgIpc) is 3.02. The molecule has 2 aromatic rings. The molecule has 9 heteroatoms. The van der Waals surface area contributed by atoms with E-state index in [1.54, 1.807) is 6.07 Å². The van der Waals surface area contributed by atoms with E-state index in [0.29, 0.717) is 35.3 Å². The molecule has 1 fully saturated rings. The lowest BCUT2D eigenvalue weighted by molar-refractivity contribution is -0.124. The predicted octanol–water partition coefficient (Wildman–Crippen LogP) is 2.30. The SMILES string of the molecule is CC(C)(C)NC(=O)CN1CCN(Cc2nnc(-c3cc(F)cc(Cl)c3)[nH]2)CC1. The van der Waals surface area contributed by atoms with E-state index >= 15 is 0 Å². The van der Waals surface area contributed by atoms with E-state index in [0.717, 1.165) is 26.2 Å². The molecule has 7 nitrogen and oxygen atoms in total. The quantitative estimate of drug-likeness (QED) is 0.793. The van der Waals surface area contributed by atoms with Gasteiger partial charge in [0.15, 0.2) is 5.82 Å². The number of rotatable bonds is 5. The van der Waals surface area contributed by atoms with Gasteiger partial charge in [-0.2, -0.15) is 0 Å². The lowest BCUT2D eigenvalue weighted by Gasteiger charge is -2.34. The van der Waals surface area contributed by atoms with Gasteiger partial charge in [0, 0.05) is 42.3 Å². The van der Waals surface area contributed by atoms with E-state index in [4.69, 9.17) is 11.6 Å². The van der Waals surface area contributed by atoms with Crippen LogP contribution in [0.1, 0.15) is 26.6 Å². The Hall–Kier alpha value is -2.03. The van der Waals surface area contributed by atoms with Crippen molar-refractivity contribution < 1.29 is 9.18 Å². The van der Waals surface area contributed by atoms with E-state index in [1.807, 2.05) is 20.8 Å². The van der Waals surface area contributed by atoms with Gasteiger partial charge in [0.1, 0.15) is 11.6 Å². The molecule has 0 bridgehead atoms. The fraction of sp³-hybridized carbons (Fsp3) is 0.526. The maximum atomic E-state index is 13.5. The second-order valence-electron chi connectivity index (χ2n) is 8.13. The van der Waals surface area contributed by atoms with E-state index in [-0.39, 0.29) is 11.4 Å². The molecule has 0 saturated carbocycles. The number of carbonyl (C=O) groups is 1. The van der Waals surface area contributed by atoms with Crippen molar-refractivity contribution in [2.45, 2.75) is 32.9 Å². The molecular formula is C19H26ClFN6O. The number of amides is 1. The normalized spacial score (nSPS) is 16.3. The molecule has 1 aromatic heterocycles. The van der Waals surface area contributed by atoms with Gasteiger partial charge >= 0.3 is 0 Å². The molecule has 1 aliphatic heterocycles. The first kappa shape index (κ1) is 20.7. The van der Waals surface area contributed by atoms with Crippen LogP contribution in [0.15, 0.2) is 18.2 Å². The van der Waals surface area contributed by atoms with Crippen LogP contribution < -0.4 is 5.32 Å². The minimum Gasteiger partial charge on any atom is -0.350 e. The van der Waals surface area contributed by atoms with Crippen LogP contribution in [-0.4, -0.2) is 69.2 Å². The van der Waals surface area contributed by atoms with Crippen LogP contribution in [0.3, 0.4) is 0 Å². The number of aromatic amines is 1. The summed E-state index contributed by atoms with van der Waals surface area (Å²) in [6.07, 6.45) is 0. The Morgan fingerprint density at radius 2 is 1.86 bits per heavy atom. The van der Waals surface area contributed by atoms with Crippen LogP contribution in [0.2, 0.25) is 5.02 Å². The zero-order valence-corrected chi connectivity index (χ0v) is 17.2. The second-order valence-corrected chi connectivity index (χ2v) is 8.57. The molecule has 1 saturated heterocycles. The largest absolute Gasteiger partial charge is 0.350 e. The van der Waals surface area contributed by atoms with Gasteiger partial charge in [-0.3, -0.25) is 14.6 Å². The van der Waals surface area contributed by atoms with Gasteiger partial charge in [0.25, 0.3) is 0 Å². The van der Waals surface area contributed by atoms with Crippen molar-refractivity contribution in [2.24, 2.45) is 0 Å². The monoisotopic (exact) mass is 408 g/mol. The number of carbonyl (C=O) groups excluding carboxylic acids is 1. The Morgan fingerprint density at radius 1 is 1.18 bits per heavy atom. The highest BCUT2D eigenvalue weighted by atomic mass is 35.5. The number of H-pyrrole nitrogens is 1. The van der Waals surface area contributed by atoms with E-state index in [2.05, 4.69) is 30.3 Å². The van der Waals surface area contributed by atoms with Crippen LogP contribution in [0, 0.1) is 5.82 Å². The standard InChI is InChI=1S/C19H26ClFN6O/c1-19(2,3)23-17(28)12-27-6-4-26(5-7-27)11-16-22-18(25-24-16)13-8-14(20)10-15(21)9-13/h8-10H,4-7,11-12H2,1-3H3,(H,23,28)(H,22,24,25). The third-order valence-electron chi connectivity index (χ3n) is 4.39. The summed E-state index contributed by atoms with van der Waals surface area (Å²) in [6, 6.07) is 4.28. The fourth-order valence-electron chi connectivity index (χ4n) is 3.17. The summed E-state index contributed by atoms with van der Waals surface area (Å²) in [6.45, 7) is 10.3. The van der Waals surface area contributed by atoms with Crippen LogP contribution in [-0.2, 0) is 11.3 Å². The number of hydrogen-bond donors (Lipinski definition) is 2. The minimum absolute atomic E-state index is 0.0505. The Balaban J connectivity index is 1.50. The molecule has 0 atom stereocenters. The van der Waals surface area contributed by atoms with Crippen LogP contribution in [0.5, 0.6) is 0 Å². The smallest absolute Gasteiger partial charge is 0.234 e. The van der Waals surface area contributed by atoms with Crippen molar-refractivity contribution in [3.63, 3.8) is 0 Å². The van der Waals surface area contributed by atoms with Gasteiger partial charge in [0.05, 0.1) is 13.1 Å².